The molecule has 2 N–H and O–H groups in total. The molecule has 0 radical (unpaired) electrons. The summed E-state index contributed by atoms with van der Waals surface area (Å²) in [4.78, 5) is 0.869. The Morgan fingerprint density at radius 3 is 3.00 bits per heavy atom. The lowest BCUT2D eigenvalue weighted by molar-refractivity contribution is 0.110. The van der Waals surface area contributed by atoms with Crippen molar-refractivity contribution in [2.75, 3.05) is 13.7 Å². The molecule has 7 heteroatoms. The molecular formula is C10H15N5OS. The van der Waals surface area contributed by atoms with Crippen LogP contribution in [0, 0.1) is 0 Å². The van der Waals surface area contributed by atoms with E-state index in [9.17, 15) is 0 Å². The molecule has 2 heterocycles. The highest BCUT2D eigenvalue weighted by Crippen LogP contribution is 2.39. The molecule has 1 saturated carbocycles. The molecule has 0 aromatic carbocycles. The topological polar surface area (TPSA) is 78.3 Å². The fourth-order valence-corrected chi connectivity index (χ4v) is 2.71. The van der Waals surface area contributed by atoms with E-state index in [-0.39, 0.29) is 6.10 Å². The van der Waals surface area contributed by atoms with Gasteiger partial charge in [-0.2, -0.15) is 9.61 Å². The third-order valence-electron chi connectivity index (χ3n) is 3.00. The summed E-state index contributed by atoms with van der Waals surface area (Å²) in [5.74, 6) is 1.57. The first-order valence-electron chi connectivity index (χ1n) is 5.75. The SMILES string of the molecule is COC(CN)Cc1nn2c(C3CC3)nnc2s1. The standard InChI is InChI=1S/C10H15N5OS/c1-16-7(5-11)4-8-14-15-9(6-2-3-6)12-13-10(15)17-8/h6-7H,2-5,11H2,1H3. The molecule has 0 amide bonds. The Hall–Kier alpha value is -1.05. The predicted octanol–water partition coefficient (Wildman–Crippen LogP) is 0.579. The monoisotopic (exact) mass is 253 g/mol. The molecular weight excluding hydrogens is 238 g/mol. The fraction of sp³-hybridized carbons (Fsp3) is 0.700. The smallest absolute Gasteiger partial charge is 0.234 e. The first-order chi connectivity index (χ1) is 8.31. The zero-order valence-electron chi connectivity index (χ0n) is 9.67. The van der Waals surface area contributed by atoms with Crippen molar-refractivity contribution in [3.05, 3.63) is 10.8 Å². The van der Waals surface area contributed by atoms with Gasteiger partial charge in [0, 0.05) is 26.0 Å². The van der Waals surface area contributed by atoms with Crippen LogP contribution in [0.15, 0.2) is 0 Å². The van der Waals surface area contributed by atoms with Gasteiger partial charge < -0.3 is 10.5 Å². The summed E-state index contributed by atoms with van der Waals surface area (Å²) in [6.45, 7) is 0.506. The molecule has 3 rings (SSSR count). The van der Waals surface area contributed by atoms with Crippen LogP contribution in [0.5, 0.6) is 0 Å². The van der Waals surface area contributed by atoms with Crippen molar-refractivity contribution in [3.8, 4) is 0 Å². The van der Waals surface area contributed by atoms with Gasteiger partial charge in [-0.05, 0) is 12.8 Å². The minimum absolute atomic E-state index is 0.0307. The minimum Gasteiger partial charge on any atom is -0.380 e. The highest BCUT2D eigenvalue weighted by molar-refractivity contribution is 7.16. The van der Waals surface area contributed by atoms with Crippen molar-refractivity contribution in [1.82, 2.24) is 19.8 Å². The van der Waals surface area contributed by atoms with Crippen LogP contribution in [-0.4, -0.2) is 39.6 Å². The van der Waals surface area contributed by atoms with Gasteiger partial charge in [0.15, 0.2) is 5.82 Å². The number of rotatable bonds is 5. The van der Waals surface area contributed by atoms with Crippen LogP contribution in [0.3, 0.4) is 0 Å². The number of methoxy groups -OCH3 is 1. The first kappa shape index (κ1) is 11.1. The van der Waals surface area contributed by atoms with Crippen molar-refractivity contribution >= 4 is 16.3 Å². The first-order valence-corrected chi connectivity index (χ1v) is 6.57. The second-order valence-electron chi connectivity index (χ2n) is 4.32. The molecule has 2 aromatic heterocycles. The highest BCUT2D eigenvalue weighted by atomic mass is 32.1. The van der Waals surface area contributed by atoms with Gasteiger partial charge in [-0.25, -0.2) is 0 Å². The van der Waals surface area contributed by atoms with Crippen LogP contribution in [0.2, 0.25) is 0 Å². The van der Waals surface area contributed by atoms with Crippen molar-refractivity contribution in [1.29, 1.82) is 0 Å². The van der Waals surface area contributed by atoms with Crippen LogP contribution >= 0.6 is 11.3 Å². The number of ether oxygens (including phenoxy) is 1. The highest BCUT2D eigenvalue weighted by Gasteiger charge is 2.30. The van der Waals surface area contributed by atoms with Crippen LogP contribution < -0.4 is 5.73 Å². The zero-order valence-corrected chi connectivity index (χ0v) is 10.5. The molecule has 6 nitrogen and oxygen atoms in total. The predicted molar refractivity (Wildman–Crippen MR) is 64.2 cm³/mol. The van der Waals surface area contributed by atoms with Gasteiger partial charge in [-0.3, -0.25) is 0 Å². The van der Waals surface area contributed by atoms with Crippen LogP contribution in [0.4, 0.5) is 0 Å². The molecule has 1 aliphatic carbocycles. The molecule has 92 valence electrons. The van der Waals surface area contributed by atoms with Crippen molar-refractivity contribution in [2.45, 2.75) is 31.3 Å². The van der Waals surface area contributed by atoms with Gasteiger partial charge >= 0.3 is 0 Å². The summed E-state index contributed by atoms with van der Waals surface area (Å²) in [5.41, 5.74) is 5.61. The van der Waals surface area contributed by atoms with Crippen LogP contribution in [-0.2, 0) is 11.2 Å². The maximum absolute atomic E-state index is 5.61. The van der Waals surface area contributed by atoms with E-state index in [1.54, 1.807) is 18.4 Å². The molecule has 0 spiro atoms. The van der Waals surface area contributed by atoms with Crippen molar-refractivity contribution < 1.29 is 4.74 Å². The fourth-order valence-electron chi connectivity index (χ4n) is 1.81. The van der Waals surface area contributed by atoms with Crippen molar-refractivity contribution in [2.24, 2.45) is 5.73 Å². The Kier molecular flexibility index (Phi) is 2.81. The minimum atomic E-state index is 0.0307. The Morgan fingerprint density at radius 2 is 2.35 bits per heavy atom. The maximum atomic E-state index is 5.61. The maximum Gasteiger partial charge on any atom is 0.234 e. The average molecular weight is 253 g/mol. The zero-order chi connectivity index (χ0) is 11.8. The number of hydrogen-bond donors (Lipinski definition) is 1. The Labute approximate surface area is 103 Å². The van der Waals surface area contributed by atoms with Gasteiger partial charge in [-0.15, -0.1) is 10.2 Å². The van der Waals surface area contributed by atoms with Crippen LogP contribution in [0.25, 0.3) is 4.96 Å². The summed E-state index contributed by atoms with van der Waals surface area (Å²) < 4.78 is 7.14. The van der Waals surface area contributed by atoms with Gasteiger partial charge in [-0.1, -0.05) is 11.3 Å². The quantitative estimate of drug-likeness (QED) is 0.843. The van der Waals surface area contributed by atoms with Gasteiger partial charge in [0.05, 0.1) is 6.10 Å². The Balaban J connectivity index is 1.86. The molecule has 1 aliphatic rings. The summed E-state index contributed by atoms with van der Waals surface area (Å²) in [7, 11) is 1.67. The third-order valence-corrected chi connectivity index (χ3v) is 3.92. The van der Waals surface area contributed by atoms with E-state index >= 15 is 0 Å². The van der Waals surface area contributed by atoms with Crippen LogP contribution in [0.1, 0.15) is 29.6 Å². The van der Waals surface area contributed by atoms with Gasteiger partial charge in [0.1, 0.15) is 5.01 Å². The molecule has 17 heavy (non-hydrogen) atoms. The van der Waals surface area contributed by atoms with E-state index in [0.717, 1.165) is 22.2 Å². The van der Waals surface area contributed by atoms with E-state index in [1.807, 2.05) is 4.52 Å². The number of hydrogen-bond acceptors (Lipinski definition) is 6. The Bertz CT molecular complexity index is 514. The number of nitrogens with two attached hydrogens (primary N) is 1. The molecule has 1 unspecified atom stereocenters. The molecule has 1 atom stereocenters. The summed E-state index contributed by atoms with van der Waals surface area (Å²) in [5, 5.41) is 13.9. The summed E-state index contributed by atoms with van der Waals surface area (Å²) in [6, 6.07) is 0. The second-order valence-corrected chi connectivity index (χ2v) is 5.36. The normalized spacial score (nSPS) is 17.8. The second kappa shape index (κ2) is 4.32. The lowest BCUT2D eigenvalue weighted by atomic mass is 10.3. The van der Waals surface area contributed by atoms with E-state index in [1.165, 1.54) is 12.8 Å². The molecule has 0 saturated heterocycles. The van der Waals surface area contributed by atoms with Crippen molar-refractivity contribution in [3.63, 3.8) is 0 Å². The van der Waals surface area contributed by atoms with Gasteiger partial charge in [0.25, 0.3) is 0 Å². The van der Waals surface area contributed by atoms with E-state index < -0.39 is 0 Å². The van der Waals surface area contributed by atoms with Gasteiger partial charge in [0.2, 0.25) is 4.96 Å². The van der Waals surface area contributed by atoms with E-state index in [2.05, 4.69) is 15.3 Å². The number of fused-ring (bicyclic) bond motifs is 1. The number of aromatic nitrogens is 4. The molecule has 0 aliphatic heterocycles. The molecule has 0 bridgehead atoms. The van der Waals surface area contributed by atoms with E-state index in [0.29, 0.717) is 12.5 Å². The summed E-state index contributed by atoms with van der Waals surface area (Å²) in [6.07, 6.45) is 3.18. The number of nitrogens with zero attached hydrogens (tertiary/aromatic N) is 4. The molecule has 2 aromatic rings. The lowest BCUT2D eigenvalue weighted by Gasteiger charge is -2.09. The Morgan fingerprint density at radius 1 is 1.53 bits per heavy atom. The molecule has 1 fully saturated rings. The largest absolute Gasteiger partial charge is 0.380 e. The lowest BCUT2D eigenvalue weighted by Crippen LogP contribution is -2.24. The third kappa shape index (κ3) is 2.05. The average Bonchev–Trinajstić information content (AvgIpc) is 2.98. The summed E-state index contributed by atoms with van der Waals surface area (Å²) >= 11 is 1.57. The van der Waals surface area contributed by atoms with E-state index in [4.69, 9.17) is 10.5 Å².